The van der Waals surface area contributed by atoms with Crippen LogP contribution in [0.15, 0.2) is 23.1 Å². The summed E-state index contributed by atoms with van der Waals surface area (Å²) in [6.45, 7) is 3.41. The normalized spacial score (nSPS) is 17.1. The van der Waals surface area contributed by atoms with Crippen molar-refractivity contribution in [3.8, 4) is 0 Å². The Morgan fingerprint density at radius 2 is 2.00 bits per heavy atom. The Hall–Kier alpha value is -1.18. The lowest BCUT2D eigenvalue weighted by molar-refractivity contribution is -0.131. The molecule has 1 heterocycles. The predicted octanol–water partition coefficient (Wildman–Crippen LogP) is 2.50. The maximum Gasteiger partial charge on any atom is 0.243 e. The summed E-state index contributed by atoms with van der Waals surface area (Å²) in [5.41, 5.74) is 0. The fourth-order valence-electron chi connectivity index (χ4n) is 2.54. The van der Waals surface area contributed by atoms with E-state index in [1.807, 2.05) is 6.92 Å². The molecule has 0 aromatic heterocycles. The summed E-state index contributed by atoms with van der Waals surface area (Å²) in [4.78, 5) is 13.6. The molecule has 1 aromatic rings. The Balaban J connectivity index is 2.14. The van der Waals surface area contributed by atoms with Gasteiger partial charge in [0.05, 0.1) is 9.92 Å². The number of nitrogens with zero attached hydrogens (tertiary/aromatic N) is 2. The Morgan fingerprint density at radius 1 is 1.26 bits per heavy atom. The Morgan fingerprint density at radius 3 is 2.65 bits per heavy atom. The van der Waals surface area contributed by atoms with E-state index in [9.17, 15) is 17.6 Å². The number of rotatable bonds is 4. The van der Waals surface area contributed by atoms with Crippen LogP contribution in [0.3, 0.4) is 0 Å². The van der Waals surface area contributed by atoms with Crippen LogP contribution >= 0.6 is 11.6 Å². The summed E-state index contributed by atoms with van der Waals surface area (Å²) < 4.78 is 39.8. The zero-order chi connectivity index (χ0) is 17.0. The molecule has 0 aliphatic carbocycles. The van der Waals surface area contributed by atoms with E-state index in [-0.39, 0.29) is 22.4 Å². The van der Waals surface area contributed by atoms with E-state index in [2.05, 4.69) is 0 Å². The molecular formula is C15H20ClFN2O3S. The average Bonchev–Trinajstić information content (AvgIpc) is 2.76. The molecule has 1 aliphatic heterocycles. The Kier molecular flexibility index (Phi) is 6.00. The van der Waals surface area contributed by atoms with Crippen molar-refractivity contribution >= 4 is 27.5 Å². The van der Waals surface area contributed by atoms with E-state index in [0.29, 0.717) is 32.5 Å². The molecule has 2 rings (SSSR count). The number of hydrogen-bond acceptors (Lipinski definition) is 3. The molecular weight excluding hydrogens is 343 g/mol. The SMILES string of the molecule is CCCC(=O)N1CCCN(S(=O)(=O)c2ccc(F)c(Cl)c2)CC1. The molecule has 8 heteroatoms. The topological polar surface area (TPSA) is 57.7 Å². The van der Waals surface area contributed by atoms with Crippen molar-refractivity contribution in [3.63, 3.8) is 0 Å². The molecule has 1 saturated heterocycles. The molecule has 1 amide bonds. The molecule has 0 unspecified atom stereocenters. The van der Waals surface area contributed by atoms with Crippen molar-refractivity contribution in [2.45, 2.75) is 31.1 Å². The number of halogens is 2. The number of hydrogen-bond donors (Lipinski definition) is 0. The van der Waals surface area contributed by atoms with E-state index in [4.69, 9.17) is 11.6 Å². The molecule has 0 bridgehead atoms. The van der Waals surface area contributed by atoms with Crippen LogP contribution in [0, 0.1) is 5.82 Å². The van der Waals surface area contributed by atoms with Gasteiger partial charge in [0.15, 0.2) is 0 Å². The van der Waals surface area contributed by atoms with Gasteiger partial charge in [-0.05, 0) is 31.0 Å². The minimum absolute atomic E-state index is 0.0303. The van der Waals surface area contributed by atoms with Crippen molar-refractivity contribution in [1.82, 2.24) is 9.21 Å². The molecule has 0 radical (unpaired) electrons. The van der Waals surface area contributed by atoms with Gasteiger partial charge in [-0.1, -0.05) is 18.5 Å². The number of benzene rings is 1. The van der Waals surface area contributed by atoms with Crippen LogP contribution < -0.4 is 0 Å². The van der Waals surface area contributed by atoms with E-state index in [0.717, 1.165) is 18.6 Å². The lowest BCUT2D eigenvalue weighted by atomic mass is 10.3. The van der Waals surface area contributed by atoms with Gasteiger partial charge in [0.25, 0.3) is 0 Å². The largest absolute Gasteiger partial charge is 0.341 e. The molecule has 0 saturated carbocycles. The van der Waals surface area contributed by atoms with Crippen LogP contribution in [0.1, 0.15) is 26.2 Å². The van der Waals surface area contributed by atoms with Crippen molar-refractivity contribution in [2.75, 3.05) is 26.2 Å². The molecule has 1 aliphatic rings. The van der Waals surface area contributed by atoms with Gasteiger partial charge in [-0.25, -0.2) is 12.8 Å². The van der Waals surface area contributed by atoms with E-state index < -0.39 is 15.8 Å². The molecule has 1 fully saturated rings. The number of amides is 1. The third-order valence-corrected chi connectivity index (χ3v) is 5.98. The third kappa shape index (κ3) is 4.22. The second kappa shape index (κ2) is 7.59. The minimum Gasteiger partial charge on any atom is -0.341 e. The first-order valence-electron chi connectivity index (χ1n) is 7.59. The molecule has 0 atom stereocenters. The summed E-state index contributed by atoms with van der Waals surface area (Å²) in [6, 6.07) is 3.38. The molecule has 23 heavy (non-hydrogen) atoms. The summed E-state index contributed by atoms with van der Waals surface area (Å²) in [6.07, 6.45) is 1.81. The maximum absolute atomic E-state index is 13.2. The second-order valence-electron chi connectivity index (χ2n) is 5.46. The molecule has 1 aromatic carbocycles. The van der Waals surface area contributed by atoms with Crippen LogP contribution in [0.25, 0.3) is 0 Å². The van der Waals surface area contributed by atoms with Crippen molar-refractivity contribution in [3.05, 3.63) is 29.0 Å². The van der Waals surface area contributed by atoms with E-state index in [1.54, 1.807) is 4.90 Å². The van der Waals surface area contributed by atoms with Crippen LogP contribution in [0.2, 0.25) is 5.02 Å². The fraction of sp³-hybridized carbons (Fsp3) is 0.533. The monoisotopic (exact) mass is 362 g/mol. The smallest absolute Gasteiger partial charge is 0.243 e. The molecule has 0 spiro atoms. The van der Waals surface area contributed by atoms with Crippen molar-refractivity contribution in [2.24, 2.45) is 0 Å². The molecule has 5 nitrogen and oxygen atoms in total. The number of carbonyl (C=O) groups excluding carboxylic acids is 1. The highest BCUT2D eigenvalue weighted by Crippen LogP contribution is 2.23. The van der Waals surface area contributed by atoms with Gasteiger partial charge in [0.2, 0.25) is 15.9 Å². The van der Waals surface area contributed by atoms with Crippen molar-refractivity contribution < 1.29 is 17.6 Å². The lowest BCUT2D eigenvalue weighted by Crippen LogP contribution is -2.37. The average molecular weight is 363 g/mol. The Bertz CT molecular complexity index is 681. The first-order chi connectivity index (χ1) is 10.9. The van der Waals surface area contributed by atoms with Gasteiger partial charge >= 0.3 is 0 Å². The molecule has 0 N–H and O–H groups in total. The maximum atomic E-state index is 13.2. The fourth-order valence-corrected chi connectivity index (χ4v) is 4.28. The van der Waals surface area contributed by atoms with Gasteiger partial charge in [-0.15, -0.1) is 0 Å². The quantitative estimate of drug-likeness (QED) is 0.826. The zero-order valence-electron chi connectivity index (χ0n) is 13.0. The number of sulfonamides is 1. The van der Waals surface area contributed by atoms with Crippen LogP contribution in [0.4, 0.5) is 4.39 Å². The van der Waals surface area contributed by atoms with E-state index in [1.165, 1.54) is 10.4 Å². The first kappa shape index (κ1) is 18.2. The van der Waals surface area contributed by atoms with Gasteiger partial charge in [-0.2, -0.15) is 4.31 Å². The second-order valence-corrected chi connectivity index (χ2v) is 7.81. The Labute approximate surface area is 141 Å². The lowest BCUT2D eigenvalue weighted by Gasteiger charge is -2.22. The number of carbonyl (C=O) groups is 1. The summed E-state index contributed by atoms with van der Waals surface area (Å²) in [5, 5.41) is -0.222. The highest BCUT2D eigenvalue weighted by molar-refractivity contribution is 7.89. The van der Waals surface area contributed by atoms with Crippen LogP contribution in [-0.2, 0) is 14.8 Å². The minimum atomic E-state index is -3.74. The van der Waals surface area contributed by atoms with Crippen molar-refractivity contribution in [1.29, 1.82) is 0 Å². The zero-order valence-corrected chi connectivity index (χ0v) is 14.5. The van der Waals surface area contributed by atoms with Gasteiger partial charge in [0, 0.05) is 32.6 Å². The molecule has 128 valence electrons. The van der Waals surface area contributed by atoms with Gasteiger partial charge < -0.3 is 4.90 Å². The van der Waals surface area contributed by atoms with Gasteiger partial charge in [-0.3, -0.25) is 4.79 Å². The third-order valence-electron chi connectivity index (χ3n) is 3.80. The van der Waals surface area contributed by atoms with Gasteiger partial charge in [0.1, 0.15) is 5.82 Å². The highest BCUT2D eigenvalue weighted by atomic mass is 35.5. The van der Waals surface area contributed by atoms with Crippen LogP contribution in [-0.4, -0.2) is 49.7 Å². The summed E-state index contributed by atoms with van der Waals surface area (Å²) in [7, 11) is -3.74. The van der Waals surface area contributed by atoms with E-state index >= 15 is 0 Å². The standard InChI is InChI=1S/C15H20ClFN2O3S/c1-2-4-15(20)18-7-3-8-19(10-9-18)23(21,22)12-5-6-14(17)13(16)11-12/h5-6,11H,2-4,7-10H2,1H3. The first-order valence-corrected chi connectivity index (χ1v) is 9.41. The summed E-state index contributed by atoms with van der Waals surface area (Å²) >= 11 is 5.68. The predicted molar refractivity (Wildman–Crippen MR) is 86.3 cm³/mol. The summed E-state index contributed by atoms with van der Waals surface area (Å²) in [5.74, 6) is -0.602. The highest BCUT2D eigenvalue weighted by Gasteiger charge is 2.28. The van der Waals surface area contributed by atoms with Crippen LogP contribution in [0.5, 0.6) is 0 Å².